The largest absolute Gasteiger partial charge is 0.491 e. The van der Waals surface area contributed by atoms with E-state index >= 15 is 0 Å². The Morgan fingerprint density at radius 3 is 1.97 bits per heavy atom. The Morgan fingerprint density at radius 2 is 1.37 bits per heavy atom. The van der Waals surface area contributed by atoms with E-state index in [2.05, 4.69) is 12.2 Å². The Bertz CT molecular complexity index is 908. The van der Waals surface area contributed by atoms with Gasteiger partial charge in [-0.2, -0.15) is 0 Å². The quantitative estimate of drug-likeness (QED) is 0.448. The number of hydrogen-bond acceptors (Lipinski definition) is 4. The standard InChI is InChI=1S/C25H27NO4/c1-3-19(2)30-24-15-11-21(12-16-24)26-25(27)20-9-13-23(14-10-20)29-18-17-28-22-7-5-4-6-8-22/h4-16,19H,3,17-18H2,1-2H3,(H,26,27). The number of carbonyl (C=O) groups is 1. The van der Waals surface area contributed by atoms with Gasteiger partial charge in [0.1, 0.15) is 30.5 Å². The van der Waals surface area contributed by atoms with Crippen LogP contribution < -0.4 is 19.5 Å². The number of carbonyl (C=O) groups excluding carboxylic acids is 1. The van der Waals surface area contributed by atoms with Crippen molar-refractivity contribution in [1.29, 1.82) is 0 Å². The van der Waals surface area contributed by atoms with Crippen molar-refractivity contribution < 1.29 is 19.0 Å². The van der Waals surface area contributed by atoms with E-state index in [4.69, 9.17) is 14.2 Å². The molecule has 3 rings (SSSR count). The lowest BCUT2D eigenvalue weighted by Crippen LogP contribution is -2.12. The van der Waals surface area contributed by atoms with E-state index < -0.39 is 0 Å². The molecule has 1 N–H and O–H groups in total. The highest BCUT2D eigenvalue weighted by Gasteiger charge is 2.07. The lowest BCUT2D eigenvalue weighted by Gasteiger charge is -2.13. The fourth-order valence-electron chi connectivity index (χ4n) is 2.67. The Kier molecular flexibility index (Phi) is 7.72. The van der Waals surface area contributed by atoms with Crippen LogP contribution in [0.5, 0.6) is 17.2 Å². The molecule has 5 heteroatoms. The van der Waals surface area contributed by atoms with Crippen LogP contribution in [-0.2, 0) is 0 Å². The monoisotopic (exact) mass is 405 g/mol. The van der Waals surface area contributed by atoms with Crippen molar-refractivity contribution >= 4 is 11.6 Å². The van der Waals surface area contributed by atoms with Crippen molar-refractivity contribution in [2.75, 3.05) is 18.5 Å². The maximum atomic E-state index is 12.4. The lowest BCUT2D eigenvalue weighted by atomic mass is 10.2. The van der Waals surface area contributed by atoms with Gasteiger partial charge in [0.05, 0.1) is 6.10 Å². The molecule has 156 valence electrons. The molecule has 0 aliphatic heterocycles. The topological polar surface area (TPSA) is 56.8 Å². The van der Waals surface area contributed by atoms with Crippen LogP contribution in [0.4, 0.5) is 5.69 Å². The van der Waals surface area contributed by atoms with E-state index in [0.717, 1.165) is 23.6 Å². The third-order valence-electron chi connectivity index (χ3n) is 4.50. The number of nitrogens with one attached hydrogen (secondary N) is 1. The summed E-state index contributed by atoms with van der Waals surface area (Å²) < 4.78 is 17.0. The lowest BCUT2D eigenvalue weighted by molar-refractivity contribution is 0.102. The second-order valence-electron chi connectivity index (χ2n) is 6.85. The number of rotatable bonds is 10. The van der Waals surface area contributed by atoms with Gasteiger partial charge < -0.3 is 19.5 Å². The third kappa shape index (κ3) is 6.55. The van der Waals surface area contributed by atoms with Crippen molar-refractivity contribution in [3.05, 3.63) is 84.4 Å². The van der Waals surface area contributed by atoms with Crippen LogP contribution >= 0.6 is 0 Å². The van der Waals surface area contributed by atoms with Crippen LogP contribution in [0, 0.1) is 0 Å². The minimum absolute atomic E-state index is 0.163. The van der Waals surface area contributed by atoms with Gasteiger partial charge in [-0.15, -0.1) is 0 Å². The maximum Gasteiger partial charge on any atom is 0.255 e. The molecule has 0 aliphatic carbocycles. The highest BCUT2D eigenvalue weighted by Crippen LogP contribution is 2.19. The SMILES string of the molecule is CCC(C)Oc1ccc(NC(=O)c2ccc(OCCOc3ccccc3)cc2)cc1. The van der Waals surface area contributed by atoms with Gasteiger partial charge in [-0.1, -0.05) is 25.1 Å². The Labute approximate surface area is 177 Å². The highest BCUT2D eigenvalue weighted by molar-refractivity contribution is 6.04. The molecule has 0 radical (unpaired) electrons. The van der Waals surface area contributed by atoms with Gasteiger partial charge in [-0.3, -0.25) is 4.79 Å². The first-order chi connectivity index (χ1) is 14.6. The van der Waals surface area contributed by atoms with E-state index in [-0.39, 0.29) is 12.0 Å². The van der Waals surface area contributed by atoms with Crippen LogP contribution in [-0.4, -0.2) is 25.2 Å². The van der Waals surface area contributed by atoms with Gasteiger partial charge >= 0.3 is 0 Å². The van der Waals surface area contributed by atoms with E-state index in [1.54, 1.807) is 24.3 Å². The van der Waals surface area contributed by atoms with Crippen molar-refractivity contribution in [2.45, 2.75) is 26.4 Å². The van der Waals surface area contributed by atoms with Crippen molar-refractivity contribution in [2.24, 2.45) is 0 Å². The first-order valence-corrected chi connectivity index (χ1v) is 10.1. The van der Waals surface area contributed by atoms with Crippen LogP contribution in [0.25, 0.3) is 0 Å². The summed E-state index contributed by atoms with van der Waals surface area (Å²) in [6, 6.07) is 24.0. The summed E-state index contributed by atoms with van der Waals surface area (Å²) in [7, 11) is 0. The molecule has 1 atom stereocenters. The van der Waals surface area contributed by atoms with Gasteiger partial charge in [0.25, 0.3) is 5.91 Å². The summed E-state index contributed by atoms with van der Waals surface area (Å²) >= 11 is 0. The number of benzene rings is 3. The fraction of sp³-hybridized carbons (Fsp3) is 0.240. The molecular weight excluding hydrogens is 378 g/mol. The van der Waals surface area contributed by atoms with Gasteiger partial charge in [-0.05, 0) is 74.0 Å². The minimum atomic E-state index is -0.176. The first-order valence-electron chi connectivity index (χ1n) is 10.1. The molecule has 5 nitrogen and oxygen atoms in total. The maximum absolute atomic E-state index is 12.4. The average Bonchev–Trinajstić information content (AvgIpc) is 2.79. The molecule has 0 bridgehead atoms. The molecule has 0 spiro atoms. The van der Waals surface area contributed by atoms with E-state index in [9.17, 15) is 4.79 Å². The predicted octanol–water partition coefficient (Wildman–Crippen LogP) is 5.57. The zero-order valence-electron chi connectivity index (χ0n) is 17.3. The van der Waals surface area contributed by atoms with E-state index in [1.807, 2.05) is 61.5 Å². The number of ether oxygens (including phenoxy) is 3. The third-order valence-corrected chi connectivity index (χ3v) is 4.50. The molecule has 0 aliphatic rings. The van der Waals surface area contributed by atoms with Gasteiger partial charge in [0.2, 0.25) is 0 Å². The summed E-state index contributed by atoms with van der Waals surface area (Å²) in [5.74, 6) is 2.12. The Morgan fingerprint density at radius 1 is 0.800 bits per heavy atom. The van der Waals surface area contributed by atoms with Crippen molar-refractivity contribution in [1.82, 2.24) is 0 Å². The van der Waals surface area contributed by atoms with Gasteiger partial charge in [0, 0.05) is 11.3 Å². The average molecular weight is 405 g/mol. The summed E-state index contributed by atoms with van der Waals surface area (Å²) in [5, 5.41) is 2.89. The smallest absolute Gasteiger partial charge is 0.255 e. The normalized spacial score (nSPS) is 11.4. The van der Waals surface area contributed by atoms with Crippen LogP contribution in [0.2, 0.25) is 0 Å². The number of para-hydroxylation sites is 1. The molecule has 1 unspecified atom stereocenters. The molecule has 3 aromatic rings. The van der Waals surface area contributed by atoms with Crippen LogP contribution in [0.15, 0.2) is 78.9 Å². The van der Waals surface area contributed by atoms with E-state index in [1.165, 1.54) is 0 Å². The molecule has 0 saturated heterocycles. The summed E-state index contributed by atoms with van der Waals surface area (Å²) in [6.07, 6.45) is 1.11. The summed E-state index contributed by atoms with van der Waals surface area (Å²) in [6.45, 7) is 4.97. The van der Waals surface area contributed by atoms with Gasteiger partial charge in [0.15, 0.2) is 0 Å². The Hall–Kier alpha value is -3.47. The van der Waals surface area contributed by atoms with Crippen molar-refractivity contribution in [3.8, 4) is 17.2 Å². The molecule has 0 saturated carbocycles. The zero-order valence-corrected chi connectivity index (χ0v) is 17.3. The van der Waals surface area contributed by atoms with Crippen molar-refractivity contribution in [3.63, 3.8) is 0 Å². The Balaban J connectivity index is 1.45. The molecule has 0 heterocycles. The second-order valence-corrected chi connectivity index (χ2v) is 6.85. The van der Waals surface area contributed by atoms with Crippen LogP contribution in [0.3, 0.4) is 0 Å². The minimum Gasteiger partial charge on any atom is -0.491 e. The highest BCUT2D eigenvalue weighted by atomic mass is 16.5. The first kappa shape index (κ1) is 21.2. The van der Waals surface area contributed by atoms with E-state index in [0.29, 0.717) is 24.5 Å². The number of amides is 1. The number of anilines is 1. The summed E-state index contributed by atoms with van der Waals surface area (Å²) in [4.78, 5) is 12.4. The molecule has 30 heavy (non-hydrogen) atoms. The molecule has 0 fully saturated rings. The number of hydrogen-bond donors (Lipinski definition) is 1. The molecule has 3 aromatic carbocycles. The van der Waals surface area contributed by atoms with Crippen LogP contribution in [0.1, 0.15) is 30.6 Å². The summed E-state index contributed by atoms with van der Waals surface area (Å²) in [5.41, 5.74) is 1.28. The fourth-order valence-corrected chi connectivity index (χ4v) is 2.67. The van der Waals surface area contributed by atoms with Gasteiger partial charge in [-0.25, -0.2) is 0 Å². The molecular formula is C25H27NO4. The second kappa shape index (κ2) is 10.9. The molecule has 1 amide bonds. The predicted molar refractivity (Wildman–Crippen MR) is 119 cm³/mol. The zero-order chi connectivity index (χ0) is 21.2. The molecule has 0 aromatic heterocycles.